The van der Waals surface area contributed by atoms with Crippen LogP contribution in [0.2, 0.25) is 0 Å². The summed E-state index contributed by atoms with van der Waals surface area (Å²) in [6.45, 7) is 0.155. The van der Waals surface area contributed by atoms with Gasteiger partial charge in [-0.1, -0.05) is 0 Å². The molecule has 1 N–H and O–H groups in total. The van der Waals surface area contributed by atoms with E-state index in [1.165, 1.54) is 3.57 Å². The molecule has 0 fully saturated rings. The first-order valence-corrected chi connectivity index (χ1v) is 8.83. The van der Waals surface area contributed by atoms with Crippen LogP contribution in [0.15, 0.2) is 24.3 Å². The predicted molar refractivity (Wildman–Crippen MR) is 56.9 cm³/mol. The minimum atomic E-state index is -0.798. The van der Waals surface area contributed by atoms with Crippen LogP contribution in [0.5, 0.6) is 0 Å². The van der Waals surface area contributed by atoms with Crippen LogP contribution in [0, 0.1) is 3.57 Å². The molecule has 0 atom stereocenters. The van der Waals surface area contributed by atoms with Gasteiger partial charge < -0.3 is 0 Å². The molecule has 2 heteroatoms. The normalized spacial score (nSPS) is 11.4. The number of hydrogen-bond acceptors (Lipinski definition) is 1. The van der Waals surface area contributed by atoms with Crippen LogP contribution in [0.4, 0.5) is 0 Å². The van der Waals surface area contributed by atoms with Gasteiger partial charge in [0.05, 0.1) is 0 Å². The molecule has 0 bridgehead atoms. The Balaban J connectivity index is 2.83. The van der Waals surface area contributed by atoms with Gasteiger partial charge in [0, 0.05) is 0 Å². The van der Waals surface area contributed by atoms with Gasteiger partial charge in [-0.25, -0.2) is 0 Å². The zero-order valence-corrected chi connectivity index (χ0v) is 9.00. The van der Waals surface area contributed by atoms with E-state index in [0.29, 0.717) is 0 Å². The quantitative estimate of drug-likeness (QED) is 0.640. The average molecular weight is 264 g/mol. The molecule has 0 saturated heterocycles. The molecule has 0 heterocycles. The van der Waals surface area contributed by atoms with Crippen molar-refractivity contribution in [3.05, 3.63) is 33.4 Å². The van der Waals surface area contributed by atoms with Gasteiger partial charge in [0.2, 0.25) is 0 Å². The molecule has 0 aliphatic heterocycles. The summed E-state index contributed by atoms with van der Waals surface area (Å²) in [5.74, 6) is 0. The summed E-state index contributed by atoms with van der Waals surface area (Å²) in [5, 5.41) is 8.78. The summed E-state index contributed by atoms with van der Waals surface area (Å²) >= 11 is -0.798. The molecule has 0 aliphatic carbocycles. The van der Waals surface area contributed by atoms with Crippen LogP contribution in [-0.4, -0.2) is 15.0 Å². The Labute approximate surface area is 74.8 Å². The first kappa shape index (κ1) is 9.00. The zero-order chi connectivity index (χ0) is 8.27. The van der Waals surface area contributed by atoms with Crippen LogP contribution in [-0.2, 0) is 6.61 Å². The van der Waals surface area contributed by atoms with Crippen LogP contribution >= 0.6 is 19.8 Å². The molecule has 1 nitrogen and oxygen atoms in total. The molecule has 1 aromatic rings. The summed E-state index contributed by atoms with van der Waals surface area (Å²) in [6.07, 6.45) is 0. The van der Waals surface area contributed by atoms with Gasteiger partial charge >= 0.3 is 74.8 Å². The number of hydrogen-bond donors (Lipinski definition) is 1. The summed E-state index contributed by atoms with van der Waals surface area (Å²) in [7, 11) is 0. The Morgan fingerprint density at radius 2 is 1.73 bits per heavy atom. The summed E-state index contributed by atoms with van der Waals surface area (Å²) in [4.78, 5) is 4.63. The predicted octanol–water partition coefficient (Wildman–Crippen LogP) is 2.11. The fourth-order valence-corrected chi connectivity index (χ4v) is 2.64. The van der Waals surface area contributed by atoms with Crippen molar-refractivity contribution in [2.24, 2.45) is 0 Å². The van der Waals surface area contributed by atoms with Gasteiger partial charge in [-0.2, -0.15) is 0 Å². The second kappa shape index (κ2) is 4.07. The Morgan fingerprint density at radius 1 is 1.18 bits per heavy atom. The molecule has 0 aliphatic rings. The van der Waals surface area contributed by atoms with E-state index in [1.807, 2.05) is 12.1 Å². The molecule has 0 unspecified atom stereocenters. The molecule has 0 radical (unpaired) electrons. The molecular weight excluding hydrogens is 251 g/mol. The monoisotopic (exact) mass is 264 g/mol. The third-order valence-corrected chi connectivity index (χ3v) is 4.74. The summed E-state index contributed by atoms with van der Waals surface area (Å²) in [6, 6.07) is 8.28. The molecule has 1 rings (SSSR count). The second-order valence-corrected chi connectivity index (χ2v) is 8.10. The number of alkyl halides is 2. The van der Waals surface area contributed by atoms with E-state index >= 15 is 0 Å². The fraction of sp³-hybridized carbons (Fsp3) is 0.333. The van der Waals surface area contributed by atoms with Crippen LogP contribution < -0.4 is 0 Å². The van der Waals surface area contributed by atoms with E-state index < -0.39 is 19.8 Å². The van der Waals surface area contributed by atoms with Gasteiger partial charge in [-0.3, -0.25) is 0 Å². The molecule has 11 heavy (non-hydrogen) atoms. The van der Waals surface area contributed by atoms with Gasteiger partial charge in [-0.15, -0.1) is 0 Å². The third kappa shape index (κ3) is 2.45. The maximum absolute atomic E-state index is 8.78. The van der Waals surface area contributed by atoms with Crippen molar-refractivity contribution in [1.82, 2.24) is 0 Å². The van der Waals surface area contributed by atoms with E-state index in [2.05, 4.69) is 22.0 Å². The van der Waals surface area contributed by atoms with Gasteiger partial charge in [0.25, 0.3) is 0 Å². The van der Waals surface area contributed by atoms with Crippen molar-refractivity contribution in [3.8, 4) is 0 Å². The number of halogens is 1. The van der Waals surface area contributed by atoms with E-state index in [1.54, 1.807) is 0 Å². The van der Waals surface area contributed by atoms with Crippen molar-refractivity contribution >= 4 is 19.8 Å². The van der Waals surface area contributed by atoms with Crippen molar-refractivity contribution < 1.29 is 5.11 Å². The van der Waals surface area contributed by atoms with Crippen LogP contribution in [0.3, 0.4) is 0 Å². The standard InChI is InChI=1S/C9H13IO/c1-10(2)9-5-3-8(7-11)4-6-9/h3-6,11H,7H2,1-2H3. The number of aliphatic hydroxyl groups is 1. The van der Waals surface area contributed by atoms with E-state index in [-0.39, 0.29) is 6.61 Å². The van der Waals surface area contributed by atoms with Crippen molar-refractivity contribution in [2.75, 3.05) is 9.86 Å². The second-order valence-electron chi connectivity index (χ2n) is 2.54. The molecule has 0 saturated carbocycles. The van der Waals surface area contributed by atoms with Crippen molar-refractivity contribution in [1.29, 1.82) is 0 Å². The first-order chi connectivity index (χ1) is 5.24. The Hall–Kier alpha value is -0.0900. The molecular formula is C9H13IO. The average Bonchev–Trinajstić information content (AvgIpc) is 2.05. The molecule has 62 valence electrons. The van der Waals surface area contributed by atoms with Gasteiger partial charge in [0.15, 0.2) is 0 Å². The third-order valence-electron chi connectivity index (χ3n) is 1.53. The minimum absolute atomic E-state index is 0.155. The van der Waals surface area contributed by atoms with E-state index in [9.17, 15) is 0 Å². The number of rotatable bonds is 2. The number of aliphatic hydroxyl groups excluding tert-OH is 1. The van der Waals surface area contributed by atoms with Crippen LogP contribution in [0.1, 0.15) is 5.56 Å². The first-order valence-electron chi connectivity index (χ1n) is 3.44. The maximum atomic E-state index is 8.78. The van der Waals surface area contributed by atoms with Crippen molar-refractivity contribution in [2.45, 2.75) is 6.61 Å². The summed E-state index contributed by atoms with van der Waals surface area (Å²) < 4.78 is 1.48. The topological polar surface area (TPSA) is 20.2 Å². The van der Waals surface area contributed by atoms with Crippen molar-refractivity contribution in [3.63, 3.8) is 0 Å². The van der Waals surface area contributed by atoms with Gasteiger partial charge in [-0.05, 0) is 0 Å². The molecule has 1 aromatic carbocycles. The zero-order valence-electron chi connectivity index (χ0n) is 6.84. The fourth-order valence-electron chi connectivity index (χ4n) is 0.842. The van der Waals surface area contributed by atoms with Crippen LogP contribution in [0.25, 0.3) is 0 Å². The van der Waals surface area contributed by atoms with Gasteiger partial charge in [0.1, 0.15) is 0 Å². The molecule has 0 aromatic heterocycles. The SMILES string of the molecule is CI(C)c1ccc(CO)cc1. The Morgan fingerprint density at radius 3 is 2.09 bits per heavy atom. The Bertz CT molecular complexity index is 216. The molecule has 0 amide bonds. The molecule has 0 spiro atoms. The van der Waals surface area contributed by atoms with E-state index in [0.717, 1.165) is 5.56 Å². The van der Waals surface area contributed by atoms with E-state index in [4.69, 9.17) is 5.11 Å². The number of benzene rings is 1. The summed E-state index contributed by atoms with van der Waals surface area (Å²) in [5.41, 5.74) is 1.01. The Kier molecular flexibility index (Phi) is 3.33.